The van der Waals surface area contributed by atoms with Crippen molar-refractivity contribution in [1.82, 2.24) is 14.7 Å². The zero-order valence-corrected chi connectivity index (χ0v) is 11.7. The summed E-state index contributed by atoms with van der Waals surface area (Å²) in [7, 11) is 2.04. The van der Waals surface area contributed by atoms with Gasteiger partial charge in [0.15, 0.2) is 0 Å². The van der Waals surface area contributed by atoms with Gasteiger partial charge in [0, 0.05) is 19.6 Å². The molecule has 0 radical (unpaired) electrons. The summed E-state index contributed by atoms with van der Waals surface area (Å²) in [5, 5.41) is 14.6. The number of rotatable bonds is 3. The zero-order chi connectivity index (χ0) is 12.4. The number of morpholine rings is 1. The van der Waals surface area contributed by atoms with Gasteiger partial charge in [-0.15, -0.1) is 0 Å². The molecule has 1 aromatic rings. The molecule has 1 saturated heterocycles. The molecule has 1 aromatic heterocycles. The Bertz CT molecular complexity index is 383. The SMILES string of the molecule is CCn1ncc(Br)c1C(O)C1CN(C)CCO1. The number of aliphatic hydroxyl groups is 1. The van der Waals surface area contributed by atoms with Crippen molar-refractivity contribution < 1.29 is 9.84 Å². The Labute approximate surface area is 109 Å². The molecule has 5 nitrogen and oxygen atoms in total. The van der Waals surface area contributed by atoms with Crippen LogP contribution in [-0.4, -0.2) is 52.6 Å². The van der Waals surface area contributed by atoms with Crippen molar-refractivity contribution in [1.29, 1.82) is 0 Å². The van der Waals surface area contributed by atoms with Crippen LogP contribution in [0, 0.1) is 0 Å². The van der Waals surface area contributed by atoms with Gasteiger partial charge in [0.05, 0.1) is 23.0 Å². The van der Waals surface area contributed by atoms with E-state index >= 15 is 0 Å². The summed E-state index contributed by atoms with van der Waals surface area (Å²) >= 11 is 3.43. The van der Waals surface area contributed by atoms with E-state index in [0.29, 0.717) is 6.61 Å². The summed E-state index contributed by atoms with van der Waals surface area (Å²) in [5.74, 6) is 0. The fraction of sp³-hybridized carbons (Fsp3) is 0.727. The summed E-state index contributed by atoms with van der Waals surface area (Å²) in [6.07, 6.45) is 0.885. The molecule has 1 aliphatic rings. The number of hydrogen-bond donors (Lipinski definition) is 1. The summed E-state index contributed by atoms with van der Waals surface area (Å²) in [6, 6.07) is 0. The van der Waals surface area contributed by atoms with Crippen molar-refractivity contribution in [2.45, 2.75) is 25.7 Å². The van der Waals surface area contributed by atoms with Crippen molar-refractivity contribution in [3.8, 4) is 0 Å². The molecule has 96 valence electrons. The first-order chi connectivity index (χ1) is 8.13. The second-order valence-corrected chi connectivity index (χ2v) is 5.16. The fourth-order valence-corrected chi connectivity index (χ4v) is 2.63. The summed E-state index contributed by atoms with van der Waals surface area (Å²) in [4.78, 5) is 2.16. The van der Waals surface area contributed by atoms with Crippen LogP contribution in [0.4, 0.5) is 0 Å². The Kier molecular flexibility index (Phi) is 4.19. The van der Waals surface area contributed by atoms with E-state index in [9.17, 15) is 5.11 Å². The smallest absolute Gasteiger partial charge is 0.124 e. The summed E-state index contributed by atoms with van der Waals surface area (Å²) in [5.41, 5.74) is 0.799. The van der Waals surface area contributed by atoms with Crippen LogP contribution in [0.3, 0.4) is 0 Å². The average Bonchev–Trinajstić information content (AvgIpc) is 2.69. The molecule has 2 atom stereocenters. The maximum atomic E-state index is 10.4. The van der Waals surface area contributed by atoms with Gasteiger partial charge in [-0.25, -0.2) is 0 Å². The number of hydrogen-bond acceptors (Lipinski definition) is 4. The van der Waals surface area contributed by atoms with E-state index < -0.39 is 6.10 Å². The lowest BCUT2D eigenvalue weighted by Crippen LogP contribution is -2.43. The molecule has 2 heterocycles. The molecule has 0 aliphatic carbocycles. The van der Waals surface area contributed by atoms with Gasteiger partial charge in [-0.05, 0) is 29.9 Å². The van der Waals surface area contributed by atoms with Crippen LogP contribution in [0.5, 0.6) is 0 Å². The van der Waals surface area contributed by atoms with E-state index in [1.807, 2.05) is 14.0 Å². The van der Waals surface area contributed by atoms with Crippen molar-refractivity contribution in [2.75, 3.05) is 26.7 Å². The second-order valence-electron chi connectivity index (χ2n) is 4.31. The van der Waals surface area contributed by atoms with Gasteiger partial charge in [0.25, 0.3) is 0 Å². The molecule has 6 heteroatoms. The Balaban J connectivity index is 2.17. The molecule has 0 spiro atoms. The maximum absolute atomic E-state index is 10.4. The number of halogens is 1. The topological polar surface area (TPSA) is 50.5 Å². The van der Waals surface area contributed by atoms with Crippen LogP contribution in [0.25, 0.3) is 0 Å². The highest BCUT2D eigenvalue weighted by Crippen LogP contribution is 2.28. The molecular formula is C11H18BrN3O2. The largest absolute Gasteiger partial charge is 0.384 e. The number of nitrogens with zero attached hydrogens (tertiary/aromatic N) is 3. The van der Waals surface area contributed by atoms with Gasteiger partial charge < -0.3 is 14.7 Å². The predicted molar refractivity (Wildman–Crippen MR) is 67.8 cm³/mol. The minimum atomic E-state index is -0.644. The van der Waals surface area contributed by atoms with Crippen molar-refractivity contribution in [3.05, 3.63) is 16.4 Å². The van der Waals surface area contributed by atoms with E-state index in [1.165, 1.54) is 0 Å². The maximum Gasteiger partial charge on any atom is 0.124 e. The van der Waals surface area contributed by atoms with Gasteiger partial charge in [0.1, 0.15) is 12.2 Å². The molecule has 0 saturated carbocycles. The number of aryl methyl sites for hydroxylation is 1. The van der Waals surface area contributed by atoms with Crippen LogP contribution >= 0.6 is 15.9 Å². The number of aliphatic hydroxyl groups excluding tert-OH is 1. The van der Waals surface area contributed by atoms with Crippen LogP contribution in [0.15, 0.2) is 10.7 Å². The summed E-state index contributed by atoms with van der Waals surface area (Å²) < 4.78 is 8.27. The Morgan fingerprint density at radius 2 is 2.47 bits per heavy atom. The normalized spacial score (nSPS) is 23.9. The Morgan fingerprint density at radius 3 is 3.12 bits per heavy atom. The first-order valence-corrected chi connectivity index (χ1v) is 6.62. The molecule has 2 unspecified atom stereocenters. The predicted octanol–water partition coefficient (Wildman–Crippen LogP) is 1.03. The van der Waals surface area contributed by atoms with Crippen molar-refractivity contribution in [3.63, 3.8) is 0 Å². The number of ether oxygens (including phenoxy) is 1. The van der Waals surface area contributed by atoms with Crippen LogP contribution in [0.1, 0.15) is 18.7 Å². The second kappa shape index (κ2) is 5.48. The molecule has 0 aromatic carbocycles. The Hall–Kier alpha value is -0.430. The monoisotopic (exact) mass is 303 g/mol. The van der Waals surface area contributed by atoms with Gasteiger partial charge >= 0.3 is 0 Å². The Morgan fingerprint density at radius 1 is 1.71 bits per heavy atom. The van der Waals surface area contributed by atoms with Crippen LogP contribution < -0.4 is 0 Å². The quantitative estimate of drug-likeness (QED) is 0.906. The van der Waals surface area contributed by atoms with E-state index in [0.717, 1.165) is 29.8 Å². The van der Waals surface area contributed by atoms with Crippen molar-refractivity contribution in [2.24, 2.45) is 0 Å². The molecule has 1 aliphatic heterocycles. The lowest BCUT2D eigenvalue weighted by molar-refractivity contribution is -0.0870. The van der Waals surface area contributed by atoms with E-state index in [4.69, 9.17) is 4.74 Å². The van der Waals surface area contributed by atoms with Gasteiger partial charge in [-0.2, -0.15) is 5.10 Å². The van der Waals surface area contributed by atoms with Gasteiger partial charge in [0.2, 0.25) is 0 Å². The van der Waals surface area contributed by atoms with Gasteiger partial charge in [-0.1, -0.05) is 0 Å². The third-order valence-electron chi connectivity index (χ3n) is 3.06. The van der Waals surface area contributed by atoms with Gasteiger partial charge in [-0.3, -0.25) is 4.68 Å². The van der Waals surface area contributed by atoms with E-state index in [1.54, 1.807) is 10.9 Å². The third kappa shape index (κ3) is 2.70. The minimum Gasteiger partial charge on any atom is -0.384 e. The first-order valence-electron chi connectivity index (χ1n) is 5.83. The zero-order valence-electron chi connectivity index (χ0n) is 10.1. The minimum absolute atomic E-state index is 0.188. The molecule has 1 fully saturated rings. The molecule has 2 rings (SSSR count). The lowest BCUT2D eigenvalue weighted by Gasteiger charge is -2.33. The lowest BCUT2D eigenvalue weighted by atomic mass is 10.1. The molecule has 0 amide bonds. The molecule has 1 N–H and O–H groups in total. The highest BCUT2D eigenvalue weighted by atomic mass is 79.9. The highest BCUT2D eigenvalue weighted by Gasteiger charge is 2.30. The van der Waals surface area contributed by atoms with Crippen molar-refractivity contribution >= 4 is 15.9 Å². The van der Waals surface area contributed by atoms with E-state index in [-0.39, 0.29) is 6.10 Å². The molecule has 0 bridgehead atoms. The number of aromatic nitrogens is 2. The van der Waals surface area contributed by atoms with Crippen LogP contribution in [0.2, 0.25) is 0 Å². The number of likely N-dealkylation sites (N-methyl/N-ethyl adjacent to an activating group) is 1. The standard InChI is InChI=1S/C11H18BrN3O2/c1-3-15-10(8(12)6-13-15)11(16)9-7-14(2)4-5-17-9/h6,9,11,16H,3-5,7H2,1-2H3. The van der Waals surface area contributed by atoms with Crippen LogP contribution in [-0.2, 0) is 11.3 Å². The average molecular weight is 304 g/mol. The fourth-order valence-electron chi connectivity index (χ4n) is 2.10. The third-order valence-corrected chi connectivity index (χ3v) is 3.67. The summed E-state index contributed by atoms with van der Waals surface area (Å²) in [6.45, 7) is 5.06. The highest BCUT2D eigenvalue weighted by molar-refractivity contribution is 9.10. The molecular weight excluding hydrogens is 286 g/mol. The molecule has 17 heavy (non-hydrogen) atoms. The van der Waals surface area contributed by atoms with E-state index in [2.05, 4.69) is 25.9 Å². The first kappa shape index (κ1) is 13.0.